The zero-order valence-electron chi connectivity index (χ0n) is 14.4. The topological polar surface area (TPSA) is 0 Å². The van der Waals surface area contributed by atoms with Crippen LogP contribution in [0, 0.1) is 6.92 Å². The third-order valence-electron chi connectivity index (χ3n) is 4.41. The summed E-state index contributed by atoms with van der Waals surface area (Å²) in [5.74, 6) is 0. The minimum absolute atomic E-state index is 0.123. The second-order valence-electron chi connectivity index (χ2n) is 7.18. The summed E-state index contributed by atoms with van der Waals surface area (Å²) in [4.78, 5) is 0. The van der Waals surface area contributed by atoms with Crippen molar-refractivity contribution in [3.8, 4) is 22.3 Å². The average Bonchev–Trinajstić information content (AvgIpc) is 2.55. The first-order valence-electron chi connectivity index (χ1n) is 8.23. The van der Waals surface area contributed by atoms with Gasteiger partial charge in [0.1, 0.15) is 0 Å². The molecule has 0 spiro atoms. The maximum absolute atomic E-state index is 2.36. The Hall–Kier alpha value is -2.34. The van der Waals surface area contributed by atoms with Crippen molar-refractivity contribution in [3.05, 3.63) is 83.9 Å². The second-order valence-corrected chi connectivity index (χ2v) is 7.18. The van der Waals surface area contributed by atoms with Crippen LogP contribution in [0.4, 0.5) is 0 Å². The molecule has 0 aromatic heterocycles. The summed E-state index contributed by atoms with van der Waals surface area (Å²) < 4.78 is 0. The van der Waals surface area contributed by atoms with E-state index in [2.05, 4.69) is 100 Å². The van der Waals surface area contributed by atoms with E-state index in [1.54, 1.807) is 0 Å². The molecule has 0 nitrogen and oxygen atoms in total. The molecular weight excluding hydrogens is 276 g/mol. The Morgan fingerprint density at radius 1 is 0.609 bits per heavy atom. The molecule has 0 fully saturated rings. The Kier molecular flexibility index (Phi) is 4.09. The van der Waals surface area contributed by atoms with Crippen LogP contribution in [0.2, 0.25) is 0 Å². The molecule has 0 amide bonds. The van der Waals surface area contributed by atoms with Crippen molar-refractivity contribution >= 4 is 0 Å². The first-order chi connectivity index (χ1) is 11.0. The molecular formula is C23H24. The van der Waals surface area contributed by atoms with Gasteiger partial charge in [-0.2, -0.15) is 0 Å². The first-order valence-corrected chi connectivity index (χ1v) is 8.23. The minimum Gasteiger partial charge on any atom is -0.0622 e. The third-order valence-corrected chi connectivity index (χ3v) is 4.41. The van der Waals surface area contributed by atoms with E-state index in [4.69, 9.17) is 0 Å². The summed E-state index contributed by atoms with van der Waals surface area (Å²) in [5.41, 5.74) is 8.10. The molecule has 0 unspecified atom stereocenters. The van der Waals surface area contributed by atoms with Crippen LogP contribution in [-0.2, 0) is 5.41 Å². The largest absolute Gasteiger partial charge is 0.0622 e. The van der Waals surface area contributed by atoms with Crippen molar-refractivity contribution in [3.63, 3.8) is 0 Å². The van der Waals surface area contributed by atoms with Gasteiger partial charge in [0.15, 0.2) is 0 Å². The van der Waals surface area contributed by atoms with Crippen LogP contribution in [0.5, 0.6) is 0 Å². The van der Waals surface area contributed by atoms with E-state index in [-0.39, 0.29) is 5.41 Å². The lowest BCUT2D eigenvalue weighted by Gasteiger charge is -2.25. The van der Waals surface area contributed by atoms with Crippen LogP contribution in [0.3, 0.4) is 0 Å². The molecule has 3 aromatic rings. The number of hydrogen-bond acceptors (Lipinski definition) is 0. The van der Waals surface area contributed by atoms with Crippen molar-refractivity contribution in [2.75, 3.05) is 0 Å². The molecule has 0 heterocycles. The minimum atomic E-state index is 0.123. The third kappa shape index (κ3) is 3.22. The monoisotopic (exact) mass is 300 g/mol. The highest BCUT2D eigenvalue weighted by Gasteiger charge is 2.20. The summed E-state index contributed by atoms with van der Waals surface area (Å²) in [6.45, 7) is 9.12. The molecule has 3 aromatic carbocycles. The highest BCUT2D eigenvalue weighted by Crippen LogP contribution is 2.37. The fraction of sp³-hybridized carbons (Fsp3) is 0.217. The van der Waals surface area contributed by atoms with E-state index in [0.717, 1.165) is 0 Å². The summed E-state index contributed by atoms with van der Waals surface area (Å²) in [5, 5.41) is 0. The molecule has 0 bridgehead atoms. The van der Waals surface area contributed by atoms with Crippen molar-refractivity contribution in [2.45, 2.75) is 33.1 Å². The lowest BCUT2D eigenvalue weighted by Crippen LogP contribution is -2.14. The van der Waals surface area contributed by atoms with E-state index in [1.807, 2.05) is 0 Å². The van der Waals surface area contributed by atoms with Gasteiger partial charge in [0, 0.05) is 0 Å². The Morgan fingerprint density at radius 2 is 1.13 bits per heavy atom. The van der Waals surface area contributed by atoms with E-state index in [0.29, 0.717) is 0 Å². The smallest absolute Gasteiger partial charge is 0.0129 e. The number of rotatable bonds is 2. The predicted molar refractivity (Wildman–Crippen MR) is 101 cm³/mol. The van der Waals surface area contributed by atoms with Gasteiger partial charge in [-0.05, 0) is 51.8 Å². The molecule has 0 atom stereocenters. The number of hydrogen-bond donors (Lipinski definition) is 0. The number of benzene rings is 3. The van der Waals surface area contributed by atoms with Gasteiger partial charge in [0.25, 0.3) is 0 Å². The van der Waals surface area contributed by atoms with Gasteiger partial charge in [0.05, 0.1) is 0 Å². The van der Waals surface area contributed by atoms with Crippen molar-refractivity contribution in [1.82, 2.24) is 0 Å². The predicted octanol–water partition coefficient (Wildman–Crippen LogP) is 6.63. The average molecular weight is 300 g/mol. The molecule has 23 heavy (non-hydrogen) atoms. The Labute approximate surface area is 139 Å². The summed E-state index contributed by atoms with van der Waals surface area (Å²) in [7, 11) is 0. The van der Waals surface area contributed by atoms with E-state index in [9.17, 15) is 0 Å². The Balaban J connectivity index is 2.27. The molecule has 0 N–H and O–H groups in total. The van der Waals surface area contributed by atoms with Crippen LogP contribution in [0.25, 0.3) is 22.3 Å². The molecule has 0 aliphatic rings. The van der Waals surface area contributed by atoms with Crippen LogP contribution >= 0.6 is 0 Å². The highest BCUT2D eigenvalue weighted by molar-refractivity contribution is 5.77. The summed E-state index contributed by atoms with van der Waals surface area (Å²) in [6, 6.07) is 26.0. The molecule has 116 valence electrons. The molecule has 0 saturated carbocycles. The first kappa shape index (κ1) is 15.6. The molecule has 0 saturated heterocycles. The van der Waals surface area contributed by atoms with Gasteiger partial charge in [-0.25, -0.2) is 0 Å². The fourth-order valence-corrected chi connectivity index (χ4v) is 3.21. The Morgan fingerprint density at radius 3 is 1.65 bits per heavy atom. The second kappa shape index (κ2) is 6.04. The lowest BCUT2D eigenvalue weighted by molar-refractivity contribution is 0.586. The van der Waals surface area contributed by atoms with E-state index < -0.39 is 0 Å². The molecule has 0 aliphatic carbocycles. The maximum atomic E-state index is 2.36. The quantitative estimate of drug-likeness (QED) is 0.498. The van der Waals surface area contributed by atoms with Crippen LogP contribution in [0.15, 0.2) is 72.8 Å². The molecule has 0 heteroatoms. The Bertz CT molecular complexity index is 791. The maximum Gasteiger partial charge on any atom is -0.0129 e. The fourth-order valence-electron chi connectivity index (χ4n) is 3.21. The van der Waals surface area contributed by atoms with E-state index in [1.165, 1.54) is 33.4 Å². The standard InChI is InChI=1S/C23H24/c1-17-21(19-13-9-6-10-14-19)15-20(16-22(17)23(2,3)4)18-11-7-5-8-12-18/h5-16H,1-4H3. The van der Waals surface area contributed by atoms with Crippen molar-refractivity contribution in [1.29, 1.82) is 0 Å². The van der Waals surface area contributed by atoms with Crippen LogP contribution in [0.1, 0.15) is 31.9 Å². The van der Waals surface area contributed by atoms with Gasteiger partial charge in [-0.1, -0.05) is 87.5 Å². The van der Waals surface area contributed by atoms with Crippen molar-refractivity contribution in [2.24, 2.45) is 0 Å². The van der Waals surface area contributed by atoms with Crippen LogP contribution in [-0.4, -0.2) is 0 Å². The molecule has 0 radical (unpaired) electrons. The SMILES string of the molecule is Cc1c(-c2ccccc2)cc(-c2ccccc2)cc1C(C)(C)C. The summed E-state index contributed by atoms with van der Waals surface area (Å²) >= 11 is 0. The van der Waals surface area contributed by atoms with Gasteiger partial charge in [-0.15, -0.1) is 0 Å². The van der Waals surface area contributed by atoms with Gasteiger partial charge < -0.3 is 0 Å². The van der Waals surface area contributed by atoms with Gasteiger partial charge in [0.2, 0.25) is 0 Å². The van der Waals surface area contributed by atoms with Gasteiger partial charge >= 0.3 is 0 Å². The lowest BCUT2D eigenvalue weighted by atomic mass is 9.79. The molecule has 3 rings (SSSR count). The van der Waals surface area contributed by atoms with Crippen molar-refractivity contribution < 1.29 is 0 Å². The zero-order valence-corrected chi connectivity index (χ0v) is 14.4. The highest BCUT2D eigenvalue weighted by atomic mass is 14.2. The summed E-state index contributed by atoms with van der Waals surface area (Å²) in [6.07, 6.45) is 0. The van der Waals surface area contributed by atoms with Crippen LogP contribution < -0.4 is 0 Å². The zero-order chi connectivity index (χ0) is 16.4. The normalized spacial score (nSPS) is 11.5. The van der Waals surface area contributed by atoms with Gasteiger partial charge in [-0.3, -0.25) is 0 Å². The van der Waals surface area contributed by atoms with E-state index >= 15 is 0 Å². The molecule has 0 aliphatic heterocycles.